The van der Waals surface area contributed by atoms with E-state index >= 15 is 0 Å². The van der Waals surface area contributed by atoms with Crippen molar-refractivity contribution in [1.29, 1.82) is 0 Å². The largest absolute Gasteiger partial charge is 0.399 e. The molecule has 0 aliphatic heterocycles. The summed E-state index contributed by atoms with van der Waals surface area (Å²) in [5.74, 6) is 0.653. The lowest BCUT2D eigenvalue weighted by molar-refractivity contribution is 0.0727. The summed E-state index contributed by atoms with van der Waals surface area (Å²) in [4.78, 5) is 4.03. The summed E-state index contributed by atoms with van der Waals surface area (Å²) in [6.45, 7) is 0.694. The second kappa shape index (κ2) is 5.41. The summed E-state index contributed by atoms with van der Waals surface area (Å²) in [5, 5.41) is 12.3. The Bertz CT molecular complexity index is 281. The van der Waals surface area contributed by atoms with Crippen LogP contribution in [0, 0.1) is 0 Å². The molecule has 0 fully saturated rings. The van der Waals surface area contributed by atoms with Gasteiger partial charge in [-0.2, -0.15) is 0 Å². The number of rotatable bonds is 5. The van der Waals surface area contributed by atoms with Gasteiger partial charge in [-0.25, -0.2) is 4.98 Å². The maximum Gasteiger partial charge on any atom is 0.128 e. The van der Waals surface area contributed by atoms with Crippen molar-refractivity contribution in [3.8, 4) is 0 Å². The van der Waals surface area contributed by atoms with Crippen molar-refractivity contribution in [2.75, 3.05) is 31.3 Å². The van der Waals surface area contributed by atoms with Crippen molar-refractivity contribution < 1.29 is 9.84 Å². The lowest BCUT2D eigenvalue weighted by atomic mass is 10.3. The second-order valence-electron chi connectivity index (χ2n) is 2.96. The molecule has 0 saturated carbocycles. The van der Waals surface area contributed by atoms with Crippen LogP contribution >= 0.6 is 0 Å². The first-order valence-corrected chi connectivity index (χ1v) is 4.35. The Morgan fingerprint density at radius 1 is 1.71 bits per heavy atom. The molecule has 0 aromatic carbocycles. The third kappa shape index (κ3) is 3.59. The number of pyridine rings is 1. The van der Waals surface area contributed by atoms with Crippen LogP contribution in [0.5, 0.6) is 0 Å². The molecule has 1 rings (SSSR count). The topological polar surface area (TPSA) is 80.4 Å². The molecule has 0 aliphatic rings. The minimum absolute atomic E-state index is 0.301. The minimum atomic E-state index is -0.539. The van der Waals surface area contributed by atoms with Crippen LogP contribution in [0.3, 0.4) is 0 Å². The first-order valence-electron chi connectivity index (χ1n) is 4.35. The van der Waals surface area contributed by atoms with Crippen LogP contribution in [0.25, 0.3) is 0 Å². The molecule has 1 aromatic heterocycles. The molecule has 5 heteroatoms. The van der Waals surface area contributed by atoms with Crippen LogP contribution < -0.4 is 11.1 Å². The number of aliphatic hydroxyl groups is 1. The Morgan fingerprint density at radius 3 is 3.14 bits per heavy atom. The van der Waals surface area contributed by atoms with Crippen LogP contribution in [0.1, 0.15) is 0 Å². The van der Waals surface area contributed by atoms with Gasteiger partial charge in [0.15, 0.2) is 0 Å². The summed E-state index contributed by atoms with van der Waals surface area (Å²) in [6, 6.07) is 3.41. The van der Waals surface area contributed by atoms with E-state index in [9.17, 15) is 5.11 Å². The highest BCUT2D eigenvalue weighted by atomic mass is 16.5. The third-order valence-electron chi connectivity index (χ3n) is 1.66. The highest BCUT2D eigenvalue weighted by Crippen LogP contribution is 2.07. The molecule has 1 atom stereocenters. The Kier molecular flexibility index (Phi) is 4.15. The predicted molar refractivity (Wildman–Crippen MR) is 55.0 cm³/mol. The summed E-state index contributed by atoms with van der Waals surface area (Å²) >= 11 is 0. The van der Waals surface area contributed by atoms with Gasteiger partial charge >= 0.3 is 0 Å². The highest BCUT2D eigenvalue weighted by Gasteiger charge is 2.02. The number of ether oxygens (including phenoxy) is 1. The van der Waals surface area contributed by atoms with Crippen molar-refractivity contribution >= 4 is 11.5 Å². The molecule has 0 radical (unpaired) electrons. The van der Waals surface area contributed by atoms with E-state index in [1.165, 1.54) is 0 Å². The van der Waals surface area contributed by atoms with Gasteiger partial charge in [-0.15, -0.1) is 0 Å². The van der Waals surface area contributed by atoms with E-state index in [0.29, 0.717) is 24.7 Å². The molecule has 78 valence electrons. The number of nitrogen functional groups attached to an aromatic ring is 1. The van der Waals surface area contributed by atoms with E-state index in [0.717, 1.165) is 0 Å². The first-order chi connectivity index (χ1) is 6.72. The van der Waals surface area contributed by atoms with Crippen LogP contribution in [0.2, 0.25) is 0 Å². The Morgan fingerprint density at radius 2 is 2.50 bits per heavy atom. The average Bonchev–Trinajstić information content (AvgIpc) is 2.15. The van der Waals surface area contributed by atoms with Crippen LogP contribution in [0.4, 0.5) is 11.5 Å². The van der Waals surface area contributed by atoms with E-state index in [2.05, 4.69) is 10.3 Å². The number of nitrogens with one attached hydrogen (secondary N) is 1. The zero-order valence-electron chi connectivity index (χ0n) is 8.10. The van der Waals surface area contributed by atoms with E-state index in [-0.39, 0.29) is 0 Å². The van der Waals surface area contributed by atoms with E-state index in [4.69, 9.17) is 10.5 Å². The predicted octanol–water partition coefficient (Wildman–Crippen LogP) is 0.0830. The summed E-state index contributed by atoms with van der Waals surface area (Å²) in [7, 11) is 1.54. The molecule has 0 saturated heterocycles. The van der Waals surface area contributed by atoms with Gasteiger partial charge < -0.3 is 20.9 Å². The maximum atomic E-state index is 9.33. The average molecular weight is 197 g/mol. The quantitative estimate of drug-likeness (QED) is 0.623. The van der Waals surface area contributed by atoms with Gasteiger partial charge in [0.1, 0.15) is 5.82 Å². The molecule has 5 nitrogen and oxygen atoms in total. The van der Waals surface area contributed by atoms with Gasteiger partial charge in [0.05, 0.1) is 12.7 Å². The van der Waals surface area contributed by atoms with Gasteiger partial charge in [0.25, 0.3) is 0 Å². The lowest BCUT2D eigenvalue weighted by Crippen LogP contribution is -2.24. The Balaban J connectivity index is 2.37. The van der Waals surface area contributed by atoms with Gasteiger partial charge in [0.2, 0.25) is 0 Å². The molecule has 0 aliphatic carbocycles. The van der Waals surface area contributed by atoms with Gasteiger partial charge in [-0.05, 0) is 6.07 Å². The molecule has 1 aromatic rings. The standard InChI is InChI=1S/C9H15N3O2/c1-14-6-8(13)5-12-9-4-7(10)2-3-11-9/h2-4,8,13H,5-6H2,1H3,(H3,10,11,12). The van der Waals surface area contributed by atoms with Crippen molar-refractivity contribution in [2.24, 2.45) is 0 Å². The first kappa shape index (κ1) is 10.7. The SMILES string of the molecule is COCC(O)CNc1cc(N)ccn1. The lowest BCUT2D eigenvalue weighted by Gasteiger charge is -2.11. The third-order valence-corrected chi connectivity index (χ3v) is 1.66. The normalized spacial score (nSPS) is 12.4. The summed E-state index contributed by atoms with van der Waals surface area (Å²) in [5.41, 5.74) is 6.20. The number of methoxy groups -OCH3 is 1. The zero-order valence-corrected chi connectivity index (χ0v) is 8.10. The number of anilines is 2. The van der Waals surface area contributed by atoms with Gasteiger partial charge in [-0.3, -0.25) is 0 Å². The monoisotopic (exact) mass is 197 g/mol. The molecule has 0 spiro atoms. The Labute approximate surface area is 82.9 Å². The van der Waals surface area contributed by atoms with Crippen LogP contribution in [-0.2, 0) is 4.74 Å². The van der Waals surface area contributed by atoms with Crippen molar-refractivity contribution in [3.63, 3.8) is 0 Å². The van der Waals surface area contributed by atoms with E-state index in [1.807, 2.05) is 0 Å². The van der Waals surface area contributed by atoms with Crippen LogP contribution in [0.15, 0.2) is 18.3 Å². The summed E-state index contributed by atoms with van der Waals surface area (Å²) in [6.07, 6.45) is 1.07. The molecule has 0 amide bonds. The number of aromatic nitrogens is 1. The molecule has 4 N–H and O–H groups in total. The summed E-state index contributed by atoms with van der Waals surface area (Å²) < 4.78 is 4.78. The molecular formula is C9H15N3O2. The fourth-order valence-corrected chi connectivity index (χ4v) is 1.02. The molecule has 14 heavy (non-hydrogen) atoms. The minimum Gasteiger partial charge on any atom is -0.399 e. The second-order valence-corrected chi connectivity index (χ2v) is 2.96. The van der Waals surface area contributed by atoms with Crippen LogP contribution in [-0.4, -0.2) is 36.5 Å². The molecule has 1 heterocycles. The molecule has 1 unspecified atom stereocenters. The number of nitrogens with two attached hydrogens (primary N) is 1. The smallest absolute Gasteiger partial charge is 0.128 e. The molecule has 0 bridgehead atoms. The fraction of sp³-hybridized carbons (Fsp3) is 0.444. The number of hydrogen-bond acceptors (Lipinski definition) is 5. The Hall–Kier alpha value is -1.33. The highest BCUT2D eigenvalue weighted by molar-refractivity contribution is 5.48. The zero-order chi connectivity index (χ0) is 10.4. The van der Waals surface area contributed by atoms with Crippen molar-refractivity contribution in [1.82, 2.24) is 4.98 Å². The van der Waals surface area contributed by atoms with E-state index < -0.39 is 6.10 Å². The molecular weight excluding hydrogens is 182 g/mol. The van der Waals surface area contributed by atoms with E-state index in [1.54, 1.807) is 25.4 Å². The van der Waals surface area contributed by atoms with Crippen molar-refractivity contribution in [3.05, 3.63) is 18.3 Å². The number of hydrogen-bond donors (Lipinski definition) is 3. The fourth-order valence-electron chi connectivity index (χ4n) is 1.02. The van der Waals surface area contributed by atoms with Gasteiger partial charge in [-0.1, -0.05) is 0 Å². The van der Waals surface area contributed by atoms with Gasteiger partial charge in [0, 0.05) is 31.6 Å². The van der Waals surface area contributed by atoms with Crippen molar-refractivity contribution in [2.45, 2.75) is 6.10 Å². The number of nitrogens with zero attached hydrogens (tertiary/aromatic N) is 1. The number of aliphatic hydroxyl groups excluding tert-OH is 1. The maximum absolute atomic E-state index is 9.33.